The van der Waals surface area contributed by atoms with Gasteiger partial charge in [0, 0.05) is 10.6 Å². The topological polar surface area (TPSA) is 0 Å². The van der Waals surface area contributed by atoms with Gasteiger partial charge in [-0.3, -0.25) is 0 Å². The molecule has 0 bridgehead atoms. The first-order valence-electron chi connectivity index (χ1n) is 5.78. The fourth-order valence-electron chi connectivity index (χ4n) is 1.35. The lowest BCUT2D eigenvalue weighted by molar-refractivity contribution is 0.660. The zero-order valence-electron chi connectivity index (χ0n) is 9.45. The van der Waals surface area contributed by atoms with E-state index in [0.717, 1.165) is 0 Å². The highest BCUT2D eigenvalue weighted by molar-refractivity contribution is 8.76. The van der Waals surface area contributed by atoms with Crippen LogP contribution in [0.3, 0.4) is 0 Å². The van der Waals surface area contributed by atoms with E-state index in [1.807, 2.05) is 21.6 Å². The van der Waals surface area contributed by atoms with Gasteiger partial charge in [-0.15, -0.1) is 0 Å². The van der Waals surface area contributed by atoms with E-state index in [0.29, 0.717) is 0 Å². The summed E-state index contributed by atoms with van der Waals surface area (Å²) < 4.78 is 0. The summed E-state index contributed by atoms with van der Waals surface area (Å²) in [5, 5.41) is 0. The van der Waals surface area contributed by atoms with Crippen molar-refractivity contribution < 1.29 is 0 Å². The summed E-state index contributed by atoms with van der Waals surface area (Å²) in [6.07, 6.45) is 6.91. The van der Waals surface area contributed by atoms with Crippen molar-refractivity contribution in [3.8, 4) is 0 Å². The molecular weight excluding hydrogens is 220 g/mol. The zero-order valence-corrected chi connectivity index (χ0v) is 11.1. The van der Waals surface area contributed by atoms with Crippen molar-refractivity contribution in [1.29, 1.82) is 0 Å². The minimum atomic E-state index is 1.28. The zero-order chi connectivity index (χ0) is 10.8. The third kappa shape index (κ3) is 6.91. The van der Waals surface area contributed by atoms with Gasteiger partial charge in [0.05, 0.1) is 0 Å². The molecule has 0 saturated heterocycles. The van der Waals surface area contributed by atoms with Gasteiger partial charge in [-0.2, -0.15) is 0 Å². The molecule has 0 nitrogen and oxygen atoms in total. The minimum absolute atomic E-state index is 1.28. The Balaban J connectivity index is 1.93. The maximum Gasteiger partial charge on any atom is 0.0182 e. The molecule has 0 atom stereocenters. The molecule has 0 aliphatic rings. The predicted molar refractivity (Wildman–Crippen MR) is 73.5 cm³/mol. The number of rotatable bonds is 8. The number of hydrogen-bond acceptors (Lipinski definition) is 2. The van der Waals surface area contributed by atoms with Gasteiger partial charge in [-0.1, -0.05) is 72.4 Å². The molecule has 0 aliphatic heterocycles. The smallest absolute Gasteiger partial charge is 0.0182 e. The van der Waals surface area contributed by atoms with Crippen molar-refractivity contribution in [2.24, 2.45) is 0 Å². The molecule has 1 aromatic rings. The van der Waals surface area contributed by atoms with Crippen molar-refractivity contribution in [2.75, 3.05) is 5.75 Å². The van der Waals surface area contributed by atoms with Gasteiger partial charge < -0.3 is 0 Å². The van der Waals surface area contributed by atoms with Gasteiger partial charge in [0.1, 0.15) is 0 Å². The van der Waals surface area contributed by atoms with E-state index in [-0.39, 0.29) is 0 Å². The second-order valence-electron chi connectivity index (χ2n) is 3.63. The quantitative estimate of drug-likeness (QED) is 0.441. The lowest BCUT2D eigenvalue weighted by Gasteiger charge is -2.01. The first-order chi connectivity index (χ1) is 7.43. The fourth-order valence-corrected chi connectivity index (χ4v) is 3.51. The van der Waals surface area contributed by atoms with E-state index in [4.69, 9.17) is 0 Å². The van der Waals surface area contributed by atoms with Crippen LogP contribution in [0.25, 0.3) is 0 Å². The molecule has 0 N–H and O–H groups in total. The lowest BCUT2D eigenvalue weighted by Crippen LogP contribution is -1.79. The Hall–Kier alpha value is -0.0800. The summed E-state index contributed by atoms with van der Waals surface area (Å²) in [5.74, 6) is 1.28. The van der Waals surface area contributed by atoms with Crippen LogP contribution in [-0.4, -0.2) is 5.75 Å². The van der Waals surface area contributed by atoms with Gasteiger partial charge in [0.15, 0.2) is 0 Å². The van der Waals surface area contributed by atoms with Crippen LogP contribution < -0.4 is 0 Å². The summed E-state index contributed by atoms with van der Waals surface area (Å²) in [7, 11) is 3.88. The lowest BCUT2D eigenvalue weighted by atomic mass is 10.2. The Morgan fingerprint density at radius 1 is 0.933 bits per heavy atom. The maximum absolute atomic E-state index is 2.26. The van der Waals surface area contributed by atoms with Gasteiger partial charge in [0.25, 0.3) is 0 Å². The third-order valence-corrected chi connectivity index (χ3v) is 4.70. The molecule has 0 aliphatic carbocycles. The van der Waals surface area contributed by atoms with Gasteiger partial charge in [0.2, 0.25) is 0 Å². The first kappa shape index (κ1) is 13.0. The van der Waals surface area contributed by atoms with E-state index in [9.17, 15) is 0 Å². The number of benzene rings is 1. The Kier molecular flexibility index (Phi) is 7.94. The van der Waals surface area contributed by atoms with Crippen LogP contribution in [0, 0.1) is 0 Å². The van der Waals surface area contributed by atoms with Crippen LogP contribution in [0.4, 0.5) is 0 Å². The minimum Gasteiger partial charge on any atom is -0.0889 e. The predicted octanol–water partition coefficient (Wildman–Crippen LogP) is 5.40. The molecule has 0 heterocycles. The van der Waals surface area contributed by atoms with Crippen LogP contribution in [0.2, 0.25) is 0 Å². The van der Waals surface area contributed by atoms with Crippen LogP contribution in [0.1, 0.15) is 39.0 Å². The van der Waals surface area contributed by atoms with Crippen LogP contribution in [-0.2, 0) is 0 Å². The van der Waals surface area contributed by atoms with Crippen molar-refractivity contribution in [1.82, 2.24) is 0 Å². The molecule has 1 aromatic carbocycles. The van der Waals surface area contributed by atoms with Crippen molar-refractivity contribution in [2.45, 2.75) is 43.9 Å². The van der Waals surface area contributed by atoms with Crippen LogP contribution >= 0.6 is 21.6 Å². The monoisotopic (exact) mass is 240 g/mol. The number of unbranched alkanes of at least 4 members (excludes halogenated alkanes) is 4. The molecule has 0 unspecified atom stereocenters. The van der Waals surface area contributed by atoms with Gasteiger partial charge in [-0.25, -0.2) is 0 Å². The van der Waals surface area contributed by atoms with Crippen molar-refractivity contribution >= 4 is 21.6 Å². The summed E-state index contributed by atoms with van der Waals surface area (Å²) in [5.41, 5.74) is 0. The van der Waals surface area contributed by atoms with E-state index in [1.54, 1.807) is 0 Å². The van der Waals surface area contributed by atoms with Crippen LogP contribution in [0.15, 0.2) is 35.2 Å². The molecule has 0 spiro atoms. The largest absolute Gasteiger partial charge is 0.0889 e. The maximum atomic E-state index is 2.26. The number of hydrogen-bond donors (Lipinski definition) is 0. The molecule has 0 aromatic heterocycles. The van der Waals surface area contributed by atoms with E-state index in [2.05, 4.69) is 37.3 Å². The average molecular weight is 240 g/mol. The molecular formula is C13H20S2. The molecule has 2 heteroatoms. The Bertz CT molecular complexity index is 234. The second kappa shape index (κ2) is 9.17. The second-order valence-corrected chi connectivity index (χ2v) is 6.12. The summed E-state index contributed by atoms with van der Waals surface area (Å²) in [6, 6.07) is 10.6. The Morgan fingerprint density at radius 3 is 2.40 bits per heavy atom. The molecule has 0 radical (unpaired) electrons. The van der Waals surface area contributed by atoms with E-state index in [1.165, 1.54) is 42.8 Å². The summed E-state index contributed by atoms with van der Waals surface area (Å²) >= 11 is 0. The summed E-state index contributed by atoms with van der Waals surface area (Å²) in [4.78, 5) is 1.37. The normalized spacial score (nSPS) is 10.5. The Labute approximate surface area is 102 Å². The molecule has 0 fully saturated rings. The van der Waals surface area contributed by atoms with E-state index >= 15 is 0 Å². The highest BCUT2D eigenvalue weighted by Crippen LogP contribution is 2.31. The van der Waals surface area contributed by atoms with Gasteiger partial charge in [-0.05, 0) is 18.6 Å². The first-order valence-corrected chi connectivity index (χ1v) is 8.10. The van der Waals surface area contributed by atoms with Crippen molar-refractivity contribution in [3.05, 3.63) is 30.3 Å². The third-order valence-electron chi connectivity index (χ3n) is 2.23. The highest BCUT2D eigenvalue weighted by atomic mass is 33.1. The summed E-state index contributed by atoms with van der Waals surface area (Å²) in [6.45, 7) is 2.26. The Morgan fingerprint density at radius 2 is 1.67 bits per heavy atom. The average Bonchev–Trinajstić information content (AvgIpc) is 2.29. The van der Waals surface area contributed by atoms with Gasteiger partial charge >= 0.3 is 0 Å². The standard InChI is InChI=1S/C13H20S2/c1-2-3-4-5-9-12-14-15-13-10-7-6-8-11-13/h6-8,10-11H,2-5,9,12H2,1H3. The molecule has 15 heavy (non-hydrogen) atoms. The van der Waals surface area contributed by atoms with Crippen LogP contribution in [0.5, 0.6) is 0 Å². The molecule has 0 amide bonds. The van der Waals surface area contributed by atoms with Crippen molar-refractivity contribution in [3.63, 3.8) is 0 Å². The molecule has 84 valence electrons. The van der Waals surface area contributed by atoms with E-state index < -0.39 is 0 Å². The fraction of sp³-hybridized carbons (Fsp3) is 0.538. The highest BCUT2D eigenvalue weighted by Gasteiger charge is 1.93. The molecule has 0 saturated carbocycles. The SMILES string of the molecule is CCCCCCCSSc1ccccc1. The molecule has 1 rings (SSSR count).